The summed E-state index contributed by atoms with van der Waals surface area (Å²) >= 11 is 0. The van der Waals surface area contributed by atoms with Crippen molar-refractivity contribution in [2.75, 3.05) is 7.11 Å². The van der Waals surface area contributed by atoms with Crippen molar-refractivity contribution in [3.63, 3.8) is 0 Å². The maximum atomic E-state index is 10.4. The second-order valence-electron chi connectivity index (χ2n) is 5.28. The highest BCUT2D eigenvalue weighted by molar-refractivity contribution is 5.88. The number of aromatic nitrogens is 2. The molecule has 0 fully saturated rings. The van der Waals surface area contributed by atoms with Crippen molar-refractivity contribution in [1.82, 2.24) is 9.97 Å². The molecule has 2 aromatic carbocycles. The van der Waals surface area contributed by atoms with Crippen molar-refractivity contribution in [2.45, 2.75) is 0 Å². The fraction of sp³-hybridized carbons (Fsp3) is 0.0526. The summed E-state index contributed by atoms with van der Waals surface area (Å²) in [5, 5.41) is 12.3. The summed E-state index contributed by atoms with van der Waals surface area (Å²) in [6.07, 6.45) is 0. The van der Waals surface area contributed by atoms with Crippen LogP contribution in [0.4, 0.5) is 0 Å². The second kappa shape index (κ2) is 5.25. The third-order valence-corrected chi connectivity index (χ3v) is 3.84. The molecule has 4 rings (SSSR count). The molecule has 4 heteroatoms. The molecule has 4 aromatic rings. The van der Waals surface area contributed by atoms with E-state index < -0.39 is 0 Å². The van der Waals surface area contributed by atoms with Gasteiger partial charge in [0.2, 0.25) is 0 Å². The standard InChI is InChI=1S/C19H14N2O2/c1-23-17-11-13-7-3-5-9-15(13)21-19(17)18-16(22)10-12-6-2-4-8-14(12)20-18/h2-11,22H,1H3. The van der Waals surface area contributed by atoms with E-state index in [9.17, 15) is 5.11 Å². The molecular weight excluding hydrogens is 288 g/mol. The van der Waals surface area contributed by atoms with E-state index in [-0.39, 0.29) is 5.75 Å². The number of pyridine rings is 2. The van der Waals surface area contributed by atoms with Gasteiger partial charge in [-0.05, 0) is 24.3 Å². The number of fused-ring (bicyclic) bond motifs is 2. The minimum atomic E-state index is 0.0878. The minimum Gasteiger partial charge on any atom is -0.506 e. The van der Waals surface area contributed by atoms with Gasteiger partial charge in [-0.3, -0.25) is 0 Å². The number of para-hydroxylation sites is 2. The summed E-state index contributed by atoms with van der Waals surface area (Å²) in [6.45, 7) is 0. The van der Waals surface area contributed by atoms with Gasteiger partial charge in [-0.2, -0.15) is 0 Å². The van der Waals surface area contributed by atoms with E-state index in [2.05, 4.69) is 9.97 Å². The first-order valence-electron chi connectivity index (χ1n) is 7.29. The lowest BCUT2D eigenvalue weighted by Crippen LogP contribution is -1.95. The van der Waals surface area contributed by atoms with Crippen molar-refractivity contribution in [3.8, 4) is 22.9 Å². The SMILES string of the molecule is COc1cc2ccccc2nc1-c1nc2ccccc2cc1O. The Bertz CT molecular complexity index is 1030. The highest BCUT2D eigenvalue weighted by Gasteiger charge is 2.16. The Balaban J connectivity index is 2.02. The largest absolute Gasteiger partial charge is 0.506 e. The Morgan fingerprint density at radius 1 is 0.783 bits per heavy atom. The first kappa shape index (κ1) is 13.5. The van der Waals surface area contributed by atoms with Crippen LogP contribution in [0.1, 0.15) is 0 Å². The van der Waals surface area contributed by atoms with Crippen LogP contribution in [0.2, 0.25) is 0 Å². The lowest BCUT2D eigenvalue weighted by molar-refractivity contribution is 0.414. The topological polar surface area (TPSA) is 55.2 Å². The first-order valence-corrected chi connectivity index (χ1v) is 7.29. The first-order chi connectivity index (χ1) is 11.3. The maximum absolute atomic E-state index is 10.4. The zero-order chi connectivity index (χ0) is 15.8. The molecule has 0 aliphatic heterocycles. The zero-order valence-electron chi connectivity index (χ0n) is 12.5. The molecule has 4 nitrogen and oxygen atoms in total. The van der Waals surface area contributed by atoms with Crippen LogP contribution in [0.15, 0.2) is 60.7 Å². The Hall–Kier alpha value is -3.14. The van der Waals surface area contributed by atoms with Gasteiger partial charge in [0.15, 0.2) is 0 Å². The summed E-state index contributed by atoms with van der Waals surface area (Å²) in [5.74, 6) is 0.673. The summed E-state index contributed by atoms with van der Waals surface area (Å²) < 4.78 is 5.46. The molecule has 2 heterocycles. The summed E-state index contributed by atoms with van der Waals surface area (Å²) in [6, 6.07) is 19.1. The van der Waals surface area contributed by atoms with E-state index >= 15 is 0 Å². The van der Waals surface area contributed by atoms with Crippen LogP contribution in [0.3, 0.4) is 0 Å². The average molecular weight is 302 g/mol. The molecule has 112 valence electrons. The summed E-state index contributed by atoms with van der Waals surface area (Å²) in [5.41, 5.74) is 2.59. The van der Waals surface area contributed by atoms with Crippen LogP contribution >= 0.6 is 0 Å². The van der Waals surface area contributed by atoms with Crippen LogP contribution in [-0.4, -0.2) is 22.2 Å². The number of rotatable bonds is 2. The van der Waals surface area contributed by atoms with Gasteiger partial charge < -0.3 is 9.84 Å². The Kier molecular flexibility index (Phi) is 3.08. The van der Waals surface area contributed by atoms with Gasteiger partial charge >= 0.3 is 0 Å². The second-order valence-corrected chi connectivity index (χ2v) is 5.28. The number of nitrogens with zero attached hydrogens (tertiary/aromatic N) is 2. The normalized spacial score (nSPS) is 11.0. The van der Waals surface area contributed by atoms with E-state index in [4.69, 9.17) is 4.74 Å². The molecule has 2 aromatic heterocycles. The number of benzene rings is 2. The van der Waals surface area contributed by atoms with Crippen LogP contribution in [-0.2, 0) is 0 Å². The van der Waals surface area contributed by atoms with Crippen molar-refractivity contribution < 1.29 is 9.84 Å². The van der Waals surface area contributed by atoms with E-state index in [1.807, 2.05) is 54.6 Å². The van der Waals surface area contributed by atoms with E-state index in [1.165, 1.54) is 0 Å². The molecule has 0 saturated carbocycles. The molecule has 0 unspecified atom stereocenters. The number of hydrogen-bond donors (Lipinski definition) is 1. The zero-order valence-corrected chi connectivity index (χ0v) is 12.5. The van der Waals surface area contributed by atoms with Gasteiger partial charge in [-0.15, -0.1) is 0 Å². The third kappa shape index (κ3) is 2.25. The Morgan fingerprint density at radius 2 is 1.35 bits per heavy atom. The predicted molar refractivity (Wildman–Crippen MR) is 90.7 cm³/mol. The lowest BCUT2D eigenvalue weighted by Gasteiger charge is -2.11. The molecule has 23 heavy (non-hydrogen) atoms. The fourth-order valence-electron chi connectivity index (χ4n) is 2.70. The van der Waals surface area contributed by atoms with Crippen molar-refractivity contribution in [2.24, 2.45) is 0 Å². The summed E-state index contributed by atoms with van der Waals surface area (Å²) in [4.78, 5) is 9.20. The molecule has 0 bridgehead atoms. The molecule has 0 atom stereocenters. The van der Waals surface area contributed by atoms with Crippen molar-refractivity contribution in [1.29, 1.82) is 0 Å². The molecular formula is C19H14N2O2. The monoisotopic (exact) mass is 302 g/mol. The van der Waals surface area contributed by atoms with E-state index in [0.717, 1.165) is 21.8 Å². The molecule has 0 saturated heterocycles. The van der Waals surface area contributed by atoms with Gasteiger partial charge in [0.05, 0.1) is 18.1 Å². The molecule has 0 spiro atoms. The number of aromatic hydroxyl groups is 1. The smallest absolute Gasteiger partial charge is 0.147 e. The highest BCUT2D eigenvalue weighted by atomic mass is 16.5. The molecule has 0 amide bonds. The molecule has 0 aliphatic carbocycles. The predicted octanol–water partition coefficient (Wildman–Crippen LogP) is 4.16. The van der Waals surface area contributed by atoms with Crippen LogP contribution in [0.5, 0.6) is 11.5 Å². The average Bonchev–Trinajstić information content (AvgIpc) is 2.60. The summed E-state index contributed by atoms with van der Waals surface area (Å²) in [7, 11) is 1.59. The Morgan fingerprint density at radius 3 is 2.00 bits per heavy atom. The molecule has 1 N–H and O–H groups in total. The van der Waals surface area contributed by atoms with Gasteiger partial charge in [0, 0.05) is 10.8 Å². The quantitative estimate of drug-likeness (QED) is 0.604. The van der Waals surface area contributed by atoms with E-state index in [1.54, 1.807) is 13.2 Å². The van der Waals surface area contributed by atoms with Gasteiger partial charge in [-0.25, -0.2) is 9.97 Å². The highest BCUT2D eigenvalue weighted by Crippen LogP contribution is 2.36. The van der Waals surface area contributed by atoms with Gasteiger partial charge in [-0.1, -0.05) is 36.4 Å². The maximum Gasteiger partial charge on any atom is 0.147 e. The van der Waals surface area contributed by atoms with Crippen LogP contribution in [0, 0.1) is 0 Å². The van der Waals surface area contributed by atoms with Crippen LogP contribution < -0.4 is 4.74 Å². The Labute approximate surface area is 133 Å². The van der Waals surface area contributed by atoms with Crippen LogP contribution in [0.25, 0.3) is 33.2 Å². The number of hydrogen-bond acceptors (Lipinski definition) is 4. The molecule has 0 radical (unpaired) electrons. The van der Waals surface area contributed by atoms with E-state index in [0.29, 0.717) is 17.1 Å². The van der Waals surface area contributed by atoms with Gasteiger partial charge in [0.25, 0.3) is 0 Å². The fourth-order valence-corrected chi connectivity index (χ4v) is 2.70. The van der Waals surface area contributed by atoms with Crippen molar-refractivity contribution >= 4 is 21.8 Å². The van der Waals surface area contributed by atoms with Crippen molar-refractivity contribution in [3.05, 3.63) is 60.7 Å². The molecule has 0 aliphatic rings. The lowest BCUT2D eigenvalue weighted by atomic mass is 10.1. The number of methoxy groups -OCH3 is 1. The third-order valence-electron chi connectivity index (χ3n) is 3.84. The van der Waals surface area contributed by atoms with Gasteiger partial charge in [0.1, 0.15) is 22.9 Å². The minimum absolute atomic E-state index is 0.0878. The number of ether oxygens (including phenoxy) is 1.